The SMILES string of the molecule is C=CCCC1CCC(c2ccc(C#CC3CCC(Br)CC3)cc2)CC1. The summed E-state index contributed by atoms with van der Waals surface area (Å²) in [4.78, 5) is 0.719. The molecule has 0 unspecified atom stereocenters. The summed E-state index contributed by atoms with van der Waals surface area (Å²) < 4.78 is 0. The minimum atomic E-state index is 0.597. The van der Waals surface area contributed by atoms with Crippen molar-refractivity contribution in [1.82, 2.24) is 0 Å². The lowest BCUT2D eigenvalue weighted by molar-refractivity contribution is 0.312. The van der Waals surface area contributed by atoms with Gasteiger partial charge in [-0.05, 0) is 93.7 Å². The van der Waals surface area contributed by atoms with Gasteiger partial charge in [0, 0.05) is 16.3 Å². The maximum Gasteiger partial charge on any atom is 0.0245 e. The molecule has 2 saturated carbocycles. The van der Waals surface area contributed by atoms with Crippen LogP contribution in [0.2, 0.25) is 0 Å². The van der Waals surface area contributed by atoms with E-state index in [0.29, 0.717) is 5.92 Å². The summed E-state index contributed by atoms with van der Waals surface area (Å²) in [6, 6.07) is 9.13. The van der Waals surface area contributed by atoms with Crippen LogP contribution in [-0.2, 0) is 0 Å². The molecule has 0 atom stereocenters. The second-order valence-corrected chi connectivity index (χ2v) is 9.22. The van der Waals surface area contributed by atoms with E-state index >= 15 is 0 Å². The van der Waals surface area contributed by atoms with Gasteiger partial charge in [-0.1, -0.05) is 46.0 Å². The van der Waals surface area contributed by atoms with Crippen molar-refractivity contribution in [2.24, 2.45) is 11.8 Å². The average Bonchev–Trinajstić information content (AvgIpc) is 2.67. The van der Waals surface area contributed by atoms with Crippen LogP contribution in [0.25, 0.3) is 0 Å². The summed E-state index contributed by atoms with van der Waals surface area (Å²) in [7, 11) is 0. The van der Waals surface area contributed by atoms with E-state index in [-0.39, 0.29) is 0 Å². The van der Waals surface area contributed by atoms with Crippen LogP contribution in [-0.4, -0.2) is 4.83 Å². The first-order valence-corrected chi connectivity index (χ1v) is 11.0. The molecule has 2 aliphatic rings. The second-order valence-electron chi connectivity index (χ2n) is 7.92. The van der Waals surface area contributed by atoms with Gasteiger partial charge in [0.2, 0.25) is 0 Å². The third-order valence-electron chi connectivity index (χ3n) is 6.09. The second kappa shape index (κ2) is 9.63. The van der Waals surface area contributed by atoms with Crippen molar-refractivity contribution in [3.8, 4) is 11.8 Å². The summed E-state index contributed by atoms with van der Waals surface area (Å²) in [6.45, 7) is 3.85. The van der Waals surface area contributed by atoms with E-state index in [1.165, 1.54) is 75.3 Å². The van der Waals surface area contributed by atoms with Gasteiger partial charge in [-0.15, -0.1) is 6.58 Å². The Kier molecular flexibility index (Phi) is 7.23. The van der Waals surface area contributed by atoms with E-state index < -0.39 is 0 Å². The van der Waals surface area contributed by atoms with E-state index in [1.54, 1.807) is 0 Å². The zero-order chi connectivity index (χ0) is 17.5. The van der Waals surface area contributed by atoms with Gasteiger partial charge in [0.1, 0.15) is 0 Å². The smallest absolute Gasteiger partial charge is 0.0245 e. The topological polar surface area (TPSA) is 0 Å². The largest absolute Gasteiger partial charge is 0.103 e. The molecular weight excluding hydrogens is 368 g/mol. The fourth-order valence-electron chi connectivity index (χ4n) is 4.36. The lowest BCUT2D eigenvalue weighted by Crippen LogP contribution is -2.13. The van der Waals surface area contributed by atoms with E-state index in [1.807, 2.05) is 0 Å². The number of halogens is 1. The van der Waals surface area contributed by atoms with Crippen LogP contribution in [0.1, 0.15) is 81.3 Å². The fraction of sp³-hybridized carbons (Fsp3) is 0.583. The summed E-state index contributed by atoms with van der Waals surface area (Å²) in [6.07, 6.45) is 15.1. The Bertz CT molecular complexity index is 587. The third-order valence-corrected chi connectivity index (χ3v) is 7.00. The predicted octanol–water partition coefficient (Wildman–Crippen LogP) is 7.23. The first kappa shape index (κ1) is 18.8. The van der Waals surface area contributed by atoms with Gasteiger partial charge in [-0.2, -0.15) is 0 Å². The number of rotatable bonds is 4. The standard InChI is InChI=1S/C24H31Br/c1-2-3-4-19-7-13-22(14-8-19)23-15-9-20(10-16-23)5-6-21-11-17-24(25)18-12-21/h2,9-10,15-16,19,21-22,24H,1,3-4,7-8,11-14,17-18H2. The number of allylic oxidation sites excluding steroid dienone is 1. The molecule has 1 aromatic carbocycles. The minimum absolute atomic E-state index is 0.597. The van der Waals surface area contributed by atoms with Crippen LogP contribution < -0.4 is 0 Å². The summed E-state index contributed by atoms with van der Waals surface area (Å²) in [5.41, 5.74) is 2.71. The zero-order valence-corrected chi connectivity index (χ0v) is 16.9. The molecule has 2 fully saturated rings. The highest BCUT2D eigenvalue weighted by Crippen LogP contribution is 2.37. The maximum absolute atomic E-state index is 3.85. The lowest BCUT2D eigenvalue weighted by atomic mass is 9.77. The monoisotopic (exact) mass is 398 g/mol. The molecule has 0 amide bonds. The molecule has 0 spiro atoms. The molecule has 0 nitrogen and oxygen atoms in total. The van der Waals surface area contributed by atoms with E-state index in [4.69, 9.17) is 0 Å². The highest BCUT2D eigenvalue weighted by molar-refractivity contribution is 9.09. The fourth-order valence-corrected chi connectivity index (χ4v) is 4.89. The van der Waals surface area contributed by atoms with Gasteiger partial charge < -0.3 is 0 Å². The lowest BCUT2D eigenvalue weighted by Gasteiger charge is -2.28. The minimum Gasteiger partial charge on any atom is -0.103 e. The Morgan fingerprint density at radius 3 is 2.28 bits per heavy atom. The van der Waals surface area contributed by atoms with Gasteiger partial charge in [-0.3, -0.25) is 0 Å². The Labute approximate surface area is 162 Å². The van der Waals surface area contributed by atoms with E-state index in [2.05, 4.69) is 64.7 Å². The molecule has 2 aliphatic carbocycles. The van der Waals surface area contributed by atoms with Crippen LogP contribution in [0.4, 0.5) is 0 Å². The Morgan fingerprint density at radius 2 is 1.64 bits per heavy atom. The Balaban J connectivity index is 1.50. The van der Waals surface area contributed by atoms with Crippen molar-refractivity contribution < 1.29 is 0 Å². The average molecular weight is 399 g/mol. The Hall–Kier alpha value is -1.00. The number of benzene rings is 1. The molecule has 0 aliphatic heterocycles. The predicted molar refractivity (Wildman–Crippen MR) is 112 cm³/mol. The normalized spacial score (nSPS) is 29.5. The van der Waals surface area contributed by atoms with Gasteiger partial charge >= 0.3 is 0 Å². The molecule has 3 rings (SSSR count). The molecule has 0 saturated heterocycles. The van der Waals surface area contributed by atoms with E-state index in [9.17, 15) is 0 Å². The van der Waals surface area contributed by atoms with Crippen LogP contribution in [0.15, 0.2) is 36.9 Å². The molecule has 0 N–H and O–H groups in total. The molecule has 0 aromatic heterocycles. The summed E-state index contributed by atoms with van der Waals surface area (Å²) in [5.74, 6) is 9.20. The van der Waals surface area contributed by atoms with Gasteiger partial charge in [0.15, 0.2) is 0 Å². The van der Waals surface area contributed by atoms with Crippen molar-refractivity contribution in [2.75, 3.05) is 0 Å². The van der Waals surface area contributed by atoms with Crippen molar-refractivity contribution in [2.45, 2.75) is 75.0 Å². The van der Waals surface area contributed by atoms with Gasteiger partial charge in [0.05, 0.1) is 0 Å². The quantitative estimate of drug-likeness (QED) is 0.285. The zero-order valence-electron chi connectivity index (χ0n) is 15.4. The summed E-state index contributed by atoms with van der Waals surface area (Å²) in [5, 5.41) is 0. The first-order valence-electron chi connectivity index (χ1n) is 10.1. The van der Waals surface area contributed by atoms with Crippen molar-refractivity contribution in [3.05, 3.63) is 48.0 Å². The highest BCUT2D eigenvalue weighted by Gasteiger charge is 2.21. The molecule has 0 heterocycles. The van der Waals surface area contributed by atoms with Crippen LogP contribution >= 0.6 is 15.9 Å². The number of alkyl halides is 1. The van der Waals surface area contributed by atoms with Crippen LogP contribution in [0, 0.1) is 23.7 Å². The van der Waals surface area contributed by atoms with Crippen molar-refractivity contribution in [1.29, 1.82) is 0 Å². The maximum atomic E-state index is 3.85. The molecule has 1 heteroatoms. The Morgan fingerprint density at radius 1 is 0.960 bits per heavy atom. The summed E-state index contributed by atoms with van der Waals surface area (Å²) >= 11 is 3.72. The molecule has 0 radical (unpaired) electrons. The van der Waals surface area contributed by atoms with Crippen LogP contribution in [0.3, 0.4) is 0 Å². The number of hydrogen-bond donors (Lipinski definition) is 0. The molecular formula is C24H31Br. The molecule has 1 aromatic rings. The molecule has 0 bridgehead atoms. The van der Waals surface area contributed by atoms with Crippen molar-refractivity contribution >= 4 is 15.9 Å². The molecule has 25 heavy (non-hydrogen) atoms. The van der Waals surface area contributed by atoms with E-state index in [0.717, 1.165) is 16.7 Å². The van der Waals surface area contributed by atoms with Crippen molar-refractivity contribution in [3.63, 3.8) is 0 Å². The first-order chi connectivity index (χ1) is 12.2. The van der Waals surface area contributed by atoms with Gasteiger partial charge in [-0.25, -0.2) is 0 Å². The van der Waals surface area contributed by atoms with Crippen LogP contribution in [0.5, 0.6) is 0 Å². The highest BCUT2D eigenvalue weighted by atomic mass is 79.9. The third kappa shape index (κ3) is 5.75. The molecule has 134 valence electrons. The number of hydrogen-bond acceptors (Lipinski definition) is 0. The van der Waals surface area contributed by atoms with Gasteiger partial charge in [0.25, 0.3) is 0 Å².